The van der Waals surface area contributed by atoms with E-state index in [0.29, 0.717) is 16.3 Å². The summed E-state index contributed by atoms with van der Waals surface area (Å²) in [5, 5.41) is 2.90. The first-order valence-corrected chi connectivity index (χ1v) is 10.1. The SMILES string of the molecule is O=c1cc(Nc2ccncn2)n(Cc2ccc(C(F)(F)F)cc2)c(=O)n1Cc1cncs1. The molecule has 1 N–H and O–H groups in total. The summed E-state index contributed by atoms with van der Waals surface area (Å²) in [4.78, 5) is 38.4. The molecule has 0 aliphatic heterocycles. The van der Waals surface area contributed by atoms with Crippen molar-refractivity contribution in [3.05, 3.63) is 97.5 Å². The highest BCUT2D eigenvalue weighted by atomic mass is 32.1. The number of halogens is 3. The van der Waals surface area contributed by atoms with Gasteiger partial charge in [-0.3, -0.25) is 18.9 Å². The summed E-state index contributed by atoms with van der Waals surface area (Å²) >= 11 is 1.30. The fourth-order valence-electron chi connectivity index (χ4n) is 2.97. The topological polar surface area (TPSA) is 94.7 Å². The second-order valence-electron chi connectivity index (χ2n) is 6.70. The molecule has 4 aromatic rings. The number of alkyl halides is 3. The maximum Gasteiger partial charge on any atom is 0.416 e. The maximum atomic E-state index is 13.2. The van der Waals surface area contributed by atoms with Gasteiger partial charge in [-0.2, -0.15) is 13.2 Å². The molecule has 0 saturated heterocycles. The van der Waals surface area contributed by atoms with Gasteiger partial charge in [0.05, 0.1) is 24.2 Å². The van der Waals surface area contributed by atoms with Crippen LogP contribution in [0.5, 0.6) is 0 Å². The van der Waals surface area contributed by atoms with E-state index in [-0.39, 0.29) is 18.9 Å². The van der Waals surface area contributed by atoms with Crippen molar-refractivity contribution in [2.24, 2.45) is 0 Å². The van der Waals surface area contributed by atoms with Gasteiger partial charge in [-0.25, -0.2) is 14.8 Å². The van der Waals surface area contributed by atoms with Crippen molar-refractivity contribution in [2.45, 2.75) is 19.3 Å². The zero-order chi connectivity index (χ0) is 22.7. The monoisotopic (exact) mass is 460 g/mol. The van der Waals surface area contributed by atoms with E-state index in [1.54, 1.807) is 17.8 Å². The van der Waals surface area contributed by atoms with Gasteiger partial charge in [-0.1, -0.05) is 12.1 Å². The predicted octanol–water partition coefficient (Wildman–Crippen LogP) is 3.12. The summed E-state index contributed by atoms with van der Waals surface area (Å²) in [6.45, 7) is -0.0313. The van der Waals surface area contributed by atoms with Crippen LogP contribution < -0.4 is 16.6 Å². The summed E-state index contributed by atoms with van der Waals surface area (Å²) in [5.74, 6) is 0.499. The molecule has 0 atom stereocenters. The van der Waals surface area contributed by atoms with Crippen molar-refractivity contribution in [3.8, 4) is 0 Å². The summed E-state index contributed by atoms with van der Waals surface area (Å²) in [6, 6.07) is 7.28. The second kappa shape index (κ2) is 8.75. The zero-order valence-electron chi connectivity index (χ0n) is 16.3. The van der Waals surface area contributed by atoms with Gasteiger partial charge in [0.15, 0.2) is 0 Å². The van der Waals surface area contributed by atoms with Crippen LogP contribution in [0.2, 0.25) is 0 Å². The van der Waals surface area contributed by atoms with Gasteiger partial charge in [0, 0.05) is 23.3 Å². The van der Waals surface area contributed by atoms with Crippen LogP contribution in [0, 0.1) is 0 Å². The summed E-state index contributed by atoms with van der Waals surface area (Å²) in [6.07, 6.45) is -0.120. The van der Waals surface area contributed by atoms with Crippen LogP contribution in [0.25, 0.3) is 0 Å². The lowest BCUT2D eigenvalue weighted by atomic mass is 10.1. The van der Waals surface area contributed by atoms with Crippen molar-refractivity contribution in [2.75, 3.05) is 5.32 Å². The number of nitrogens with one attached hydrogen (secondary N) is 1. The quantitative estimate of drug-likeness (QED) is 0.475. The third-order valence-corrected chi connectivity index (χ3v) is 5.30. The number of thiazole rings is 1. The number of nitrogens with zero attached hydrogens (tertiary/aromatic N) is 5. The van der Waals surface area contributed by atoms with Gasteiger partial charge in [0.2, 0.25) is 0 Å². The van der Waals surface area contributed by atoms with Crippen LogP contribution >= 0.6 is 11.3 Å². The molecule has 0 unspecified atom stereocenters. The molecule has 0 radical (unpaired) electrons. The molecule has 0 fully saturated rings. The molecule has 0 spiro atoms. The molecule has 164 valence electrons. The minimum Gasteiger partial charge on any atom is -0.326 e. The molecule has 8 nitrogen and oxygen atoms in total. The van der Waals surface area contributed by atoms with Crippen LogP contribution in [0.3, 0.4) is 0 Å². The molecular weight excluding hydrogens is 445 g/mol. The Balaban J connectivity index is 1.76. The Kier molecular flexibility index (Phi) is 5.86. The predicted molar refractivity (Wildman–Crippen MR) is 112 cm³/mol. The van der Waals surface area contributed by atoms with Gasteiger partial charge < -0.3 is 5.32 Å². The first-order valence-electron chi connectivity index (χ1n) is 9.22. The van der Waals surface area contributed by atoms with Crippen molar-refractivity contribution in [1.82, 2.24) is 24.1 Å². The lowest BCUT2D eigenvalue weighted by Gasteiger charge is -2.16. The fraction of sp³-hybridized carbons (Fsp3) is 0.150. The van der Waals surface area contributed by atoms with Gasteiger partial charge in [0.25, 0.3) is 5.56 Å². The van der Waals surface area contributed by atoms with Crippen molar-refractivity contribution in [1.29, 1.82) is 0 Å². The highest BCUT2D eigenvalue weighted by Crippen LogP contribution is 2.29. The normalized spacial score (nSPS) is 11.5. The van der Waals surface area contributed by atoms with Crippen molar-refractivity contribution >= 4 is 23.0 Å². The van der Waals surface area contributed by atoms with Crippen LogP contribution in [-0.2, 0) is 19.3 Å². The minimum absolute atomic E-state index is 0.0309. The molecule has 3 heterocycles. The number of benzene rings is 1. The number of aromatic nitrogens is 5. The Morgan fingerprint density at radius 2 is 1.78 bits per heavy atom. The highest BCUT2D eigenvalue weighted by molar-refractivity contribution is 7.09. The smallest absolute Gasteiger partial charge is 0.326 e. The summed E-state index contributed by atoms with van der Waals surface area (Å²) < 4.78 is 40.9. The van der Waals surface area contributed by atoms with Gasteiger partial charge in [-0.05, 0) is 23.8 Å². The van der Waals surface area contributed by atoms with E-state index in [4.69, 9.17) is 0 Å². The first kappa shape index (κ1) is 21.4. The van der Waals surface area contributed by atoms with E-state index in [1.165, 1.54) is 46.6 Å². The molecule has 0 bridgehead atoms. The number of hydrogen-bond donors (Lipinski definition) is 1. The Morgan fingerprint density at radius 3 is 2.41 bits per heavy atom. The lowest BCUT2D eigenvalue weighted by molar-refractivity contribution is -0.137. The lowest BCUT2D eigenvalue weighted by Crippen LogP contribution is -2.40. The average Bonchev–Trinajstić information content (AvgIpc) is 3.28. The summed E-state index contributed by atoms with van der Waals surface area (Å²) in [5.41, 5.74) is 0.0921. The average molecular weight is 460 g/mol. The first-order chi connectivity index (χ1) is 15.3. The molecule has 0 saturated carbocycles. The van der Waals surface area contributed by atoms with E-state index in [2.05, 4.69) is 20.3 Å². The molecular formula is C20H15F3N6O2S. The molecule has 32 heavy (non-hydrogen) atoms. The van der Waals surface area contributed by atoms with Crippen molar-refractivity contribution in [3.63, 3.8) is 0 Å². The molecule has 4 rings (SSSR count). The standard InChI is InChI=1S/C20H15F3N6O2S/c21-20(22,23)14-3-1-13(2-4-14)9-28-17(27-16-5-6-24-11-26-16)7-18(30)29(19(28)31)10-15-8-25-12-32-15/h1-8,11-12H,9-10H2,(H,24,26,27). The van der Waals surface area contributed by atoms with E-state index < -0.39 is 23.0 Å². The largest absolute Gasteiger partial charge is 0.416 e. The Morgan fingerprint density at radius 1 is 1.00 bits per heavy atom. The number of anilines is 2. The molecule has 0 amide bonds. The second-order valence-corrected chi connectivity index (χ2v) is 7.68. The van der Waals surface area contributed by atoms with Crippen LogP contribution in [0.1, 0.15) is 16.0 Å². The zero-order valence-corrected chi connectivity index (χ0v) is 17.1. The van der Waals surface area contributed by atoms with E-state index in [9.17, 15) is 22.8 Å². The number of rotatable bonds is 6. The van der Waals surface area contributed by atoms with E-state index in [0.717, 1.165) is 16.7 Å². The molecule has 12 heteroatoms. The molecule has 0 aliphatic rings. The Hall–Kier alpha value is -3.80. The van der Waals surface area contributed by atoms with E-state index >= 15 is 0 Å². The number of hydrogen-bond acceptors (Lipinski definition) is 7. The van der Waals surface area contributed by atoms with Gasteiger partial charge in [-0.15, -0.1) is 11.3 Å². The van der Waals surface area contributed by atoms with Gasteiger partial charge >= 0.3 is 11.9 Å². The van der Waals surface area contributed by atoms with Crippen LogP contribution in [0.4, 0.5) is 24.8 Å². The fourth-order valence-corrected chi connectivity index (χ4v) is 3.55. The Bertz CT molecular complexity index is 1320. The van der Waals surface area contributed by atoms with Crippen LogP contribution in [-0.4, -0.2) is 24.1 Å². The summed E-state index contributed by atoms with van der Waals surface area (Å²) in [7, 11) is 0. The van der Waals surface area contributed by atoms with Crippen LogP contribution in [0.15, 0.2) is 70.2 Å². The van der Waals surface area contributed by atoms with E-state index in [1.807, 2.05) is 0 Å². The third-order valence-electron chi connectivity index (χ3n) is 4.54. The third kappa shape index (κ3) is 4.75. The molecule has 3 aromatic heterocycles. The highest BCUT2D eigenvalue weighted by Gasteiger charge is 2.30. The Labute approximate surface area is 182 Å². The maximum absolute atomic E-state index is 13.2. The molecule has 1 aromatic carbocycles. The minimum atomic E-state index is -4.46. The van der Waals surface area contributed by atoms with Gasteiger partial charge in [0.1, 0.15) is 18.0 Å². The molecule has 0 aliphatic carbocycles. The van der Waals surface area contributed by atoms with Crippen molar-refractivity contribution < 1.29 is 13.2 Å².